The molecule has 27 heavy (non-hydrogen) atoms. The Bertz CT molecular complexity index is 980. The molecule has 136 valence electrons. The summed E-state index contributed by atoms with van der Waals surface area (Å²) < 4.78 is 25.4. The molecule has 0 aliphatic carbocycles. The third kappa shape index (κ3) is 4.21. The van der Waals surface area contributed by atoms with Crippen LogP contribution in [0.5, 0.6) is 23.0 Å². The third-order valence-electron chi connectivity index (χ3n) is 3.58. The number of carbonyl (C=O) groups is 2. The highest BCUT2D eigenvalue weighted by molar-refractivity contribution is 5.88. The maximum Gasteiger partial charge on any atom is 0.335 e. The first kappa shape index (κ1) is 17.9. The van der Waals surface area contributed by atoms with Gasteiger partial charge in [-0.05, 0) is 60.7 Å². The molecule has 6 nitrogen and oxygen atoms in total. The van der Waals surface area contributed by atoms with Gasteiger partial charge < -0.3 is 19.7 Å². The number of halogens is 1. The van der Waals surface area contributed by atoms with E-state index in [4.69, 9.17) is 19.7 Å². The molecule has 7 heteroatoms. The van der Waals surface area contributed by atoms with E-state index in [1.54, 1.807) is 0 Å². The molecule has 0 fully saturated rings. The molecule has 0 atom stereocenters. The van der Waals surface area contributed by atoms with E-state index in [9.17, 15) is 14.0 Å². The van der Waals surface area contributed by atoms with Crippen LogP contribution in [0, 0.1) is 5.82 Å². The van der Waals surface area contributed by atoms with Crippen LogP contribution in [0.1, 0.15) is 20.7 Å². The number of hydrogen-bond donors (Lipinski definition) is 2. The van der Waals surface area contributed by atoms with Crippen LogP contribution in [-0.4, -0.2) is 22.2 Å². The second-order valence-corrected chi connectivity index (χ2v) is 5.43. The van der Waals surface area contributed by atoms with Crippen molar-refractivity contribution < 1.29 is 33.7 Å². The van der Waals surface area contributed by atoms with Gasteiger partial charge in [0.05, 0.1) is 11.1 Å². The van der Waals surface area contributed by atoms with Gasteiger partial charge in [-0.15, -0.1) is 0 Å². The normalized spacial score (nSPS) is 10.3. The molecule has 0 spiro atoms. The lowest BCUT2D eigenvalue weighted by molar-refractivity contribution is 0.0686. The van der Waals surface area contributed by atoms with Crippen LogP contribution in [0.2, 0.25) is 0 Å². The van der Waals surface area contributed by atoms with E-state index >= 15 is 0 Å². The number of rotatable bonds is 6. The molecule has 0 radical (unpaired) electrons. The third-order valence-corrected chi connectivity index (χ3v) is 3.58. The Balaban J connectivity index is 1.85. The molecule has 0 saturated heterocycles. The minimum absolute atomic E-state index is 0.0749. The van der Waals surface area contributed by atoms with Crippen molar-refractivity contribution in [1.82, 2.24) is 0 Å². The Kier molecular flexibility index (Phi) is 5.03. The van der Waals surface area contributed by atoms with Gasteiger partial charge in [0, 0.05) is 0 Å². The second-order valence-electron chi connectivity index (χ2n) is 5.43. The van der Waals surface area contributed by atoms with Crippen LogP contribution in [0.25, 0.3) is 0 Å². The fraction of sp³-hybridized carbons (Fsp3) is 0. The minimum Gasteiger partial charge on any atom is -0.478 e. The summed E-state index contributed by atoms with van der Waals surface area (Å²) in [6, 6.07) is 15.2. The Morgan fingerprint density at radius 3 is 1.67 bits per heavy atom. The van der Waals surface area contributed by atoms with E-state index in [0.29, 0.717) is 5.75 Å². The van der Waals surface area contributed by atoms with Crippen LogP contribution in [-0.2, 0) is 0 Å². The maximum absolute atomic E-state index is 14.2. The molecule has 0 aliphatic heterocycles. The number of carboxylic acids is 2. The lowest BCUT2D eigenvalue weighted by Gasteiger charge is -2.13. The predicted octanol–water partition coefficient (Wildman–Crippen LogP) is 4.81. The van der Waals surface area contributed by atoms with Gasteiger partial charge in [0.15, 0.2) is 11.6 Å². The highest BCUT2D eigenvalue weighted by atomic mass is 19.1. The molecule has 0 amide bonds. The van der Waals surface area contributed by atoms with E-state index < -0.39 is 17.8 Å². The van der Waals surface area contributed by atoms with Gasteiger partial charge in [-0.1, -0.05) is 6.07 Å². The van der Waals surface area contributed by atoms with Crippen molar-refractivity contribution >= 4 is 11.9 Å². The van der Waals surface area contributed by atoms with Crippen molar-refractivity contribution in [2.75, 3.05) is 0 Å². The van der Waals surface area contributed by atoms with Crippen LogP contribution < -0.4 is 9.47 Å². The average molecular weight is 368 g/mol. The molecule has 0 aromatic heterocycles. The smallest absolute Gasteiger partial charge is 0.335 e. The fourth-order valence-electron chi connectivity index (χ4n) is 2.24. The largest absolute Gasteiger partial charge is 0.478 e. The van der Waals surface area contributed by atoms with Crippen molar-refractivity contribution in [3.05, 3.63) is 83.7 Å². The monoisotopic (exact) mass is 368 g/mol. The summed E-state index contributed by atoms with van der Waals surface area (Å²) in [5.41, 5.74) is 0.169. The Labute approximate surface area is 153 Å². The molecule has 0 unspecified atom stereocenters. The maximum atomic E-state index is 14.2. The van der Waals surface area contributed by atoms with Gasteiger partial charge in [-0.2, -0.15) is 0 Å². The van der Waals surface area contributed by atoms with Gasteiger partial charge in [0.1, 0.15) is 11.5 Å². The van der Waals surface area contributed by atoms with Crippen molar-refractivity contribution in [3.63, 3.8) is 0 Å². The minimum atomic E-state index is -1.08. The first-order chi connectivity index (χ1) is 12.9. The lowest BCUT2D eigenvalue weighted by atomic mass is 10.2. The number of ether oxygens (including phenoxy) is 2. The van der Waals surface area contributed by atoms with Crippen molar-refractivity contribution in [3.8, 4) is 23.0 Å². The average Bonchev–Trinajstić information content (AvgIpc) is 2.65. The fourth-order valence-corrected chi connectivity index (χ4v) is 2.24. The molecule has 2 N–H and O–H groups in total. The topological polar surface area (TPSA) is 93.1 Å². The molecular formula is C20H13FO6. The van der Waals surface area contributed by atoms with Crippen molar-refractivity contribution in [2.24, 2.45) is 0 Å². The van der Waals surface area contributed by atoms with E-state index in [1.165, 1.54) is 66.7 Å². The highest BCUT2D eigenvalue weighted by Crippen LogP contribution is 2.37. The van der Waals surface area contributed by atoms with Gasteiger partial charge in [-0.3, -0.25) is 0 Å². The zero-order chi connectivity index (χ0) is 19.4. The first-order valence-electron chi connectivity index (χ1n) is 7.75. The highest BCUT2D eigenvalue weighted by Gasteiger charge is 2.14. The summed E-state index contributed by atoms with van der Waals surface area (Å²) >= 11 is 0. The van der Waals surface area contributed by atoms with Crippen LogP contribution in [0.3, 0.4) is 0 Å². The molecule has 0 bridgehead atoms. The Morgan fingerprint density at radius 1 is 0.704 bits per heavy atom. The predicted molar refractivity (Wildman–Crippen MR) is 93.4 cm³/mol. The first-order valence-corrected chi connectivity index (χ1v) is 7.75. The Hall–Kier alpha value is -3.87. The molecule has 0 saturated carbocycles. The summed E-state index contributed by atoms with van der Waals surface area (Å²) in [4.78, 5) is 21.8. The SMILES string of the molecule is O=C(O)c1ccc(Oc2cccc(F)c2Oc2ccc(C(=O)O)cc2)cc1. The van der Waals surface area contributed by atoms with Gasteiger partial charge in [0.25, 0.3) is 0 Å². The summed E-state index contributed by atoms with van der Waals surface area (Å²) in [5.74, 6) is -2.38. The van der Waals surface area contributed by atoms with E-state index in [0.717, 1.165) is 0 Å². The van der Waals surface area contributed by atoms with E-state index in [2.05, 4.69) is 0 Å². The quantitative estimate of drug-likeness (QED) is 0.649. The molecule has 3 aromatic rings. The lowest BCUT2D eigenvalue weighted by Crippen LogP contribution is -1.97. The second kappa shape index (κ2) is 7.57. The molecule has 0 heterocycles. The molecule has 3 rings (SSSR count). The zero-order valence-electron chi connectivity index (χ0n) is 13.8. The number of aromatic carboxylic acids is 2. The van der Waals surface area contributed by atoms with E-state index in [-0.39, 0.29) is 28.4 Å². The van der Waals surface area contributed by atoms with Crippen LogP contribution in [0.15, 0.2) is 66.7 Å². The van der Waals surface area contributed by atoms with Crippen LogP contribution in [0.4, 0.5) is 4.39 Å². The van der Waals surface area contributed by atoms with Gasteiger partial charge >= 0.3 is 11.9 Å². The summed E-state index contributed by atoms with van der Waals surface area (Å²) in [6.45, 7) is 0. The summed E-state index contributed by atoms with van der Waals surface area (Å²) in [6.07, 6.45) is 0. The number of carboxylic acid groups (broad SMARTS) is 2. The van der Waals surface area contributed by atoms with Crippen molar-refractivity contribution in [1.29, 1.82) is 0 Å². The summed E-state index contributed by atoms with van der Waals surface area (Å²) in [5, 5.41) is 17.8. The molecule has 3 aromatic carbocycles. The standard InChI is InChI=1S/C20H13FO6/c21-16-2-1-3-17(26-14-8-4-12(5-9-14)19(22)23)18(16)27-15-10-6-13(7-11-15)20(24)25/h1-11H,(H,22,23)(H,24,25). The number of para-hydroxylation sites is 1. The van der Waals surface area contributed by atoms with Crippen molar-refractivity contribution in [2.45, 2.75) is 0 Å². The number of hydrogen-bond acceptors (Lipinski definition) is 4. The van der Waals surface area contributed by atoms with E-state index in [1.807, 2.05) is 0 Å². The number of benzene rings is 3. The zero-order valence-corrected chi connectivity index (χ0v) is 13.8. The van der Waals surface area contributed by atoms with Gasteiger partial charge in [0.2, 0.25) is 5.75 Å². The molecule has 0 aliphatic rings. The Morgan fingerprint density at radius 2 is 1.19 bits per heavy atom. The summed E-state index contributed by atoms with van der Waals surface area (Å²) in [7, 11) is 0. The van der Waals surface area contributed by atoms with Gasteiger partial charge in [-0.25, -0.2) is 14.0 Å². The molecular weight excluding hydrogens is 355 g/mol. The van der Waals surface area contributed by atoms with Crippen LogP contribution >= 0.6 is 0 Å².